The number of benzene rings is 1. The summed E-state index contributed by atoms with van der Waals surface area (Å²) >= 11 is 3.59. The van der Waals surface area contributed by atoms with Crippen LogP contribution in [-0.4, -0.2) is 12.1 Å². The highest BCUT2D eigenvalue weighted by atomic mass is 79.9. The Hall–Kier alpha value is -0.340. The Morgan fingerprint density at radius 1 is 1.39 bits per heavy atom. The van der Waals surface area contributed by atoms with Crippen molar-refractivity contribution < 1.29 is 0 Å². The molecule has 1 aromatic rings. The van der Waals surface area contributed by atoms with E-state index in [1.54, 1.807) is 0 Å². The Balaban J connectivity index is 2.18. The number of nitrogens with one attached hydrogen (secondary N) is 1. The molecule has 0 aromatic heterocycles. The number of hydrogen-bond donors (Lipinski definition) is 1. The van der Waals surface area contributed by atoms with Crippen molar-refractivity contribution >= 4 is 15.9 Å². The van der Waals surface area contributed by atoms with Crippen LogP contribution in [0.4, 0.5) is 0 Å². The summed E-state index contributed by atoms with van der Waals surface area (Å²) in [5.41, 5.74) is 2.05. The smallest absolute Gasteiger partial charge is 0.0178 e. The molecule has 1 aromatic carbocycles. The molecule has 1 saturated carbocycles. The van der Waals surface area contributed by atoms with E-state index in [1.807, 2.05) is 0 Å². The van der Waals surface area contributed by atoms with Crippen LogP contribution in [0.1, 0.15) is 46.1 Å². The van der Waals surface area contributed by atoms with Gasteiger partial charge in [0, 0.05) is 22.0 Å². The van der Waals surface area contributed by atoms with Crippen LogP contribution in [0.2, 0.25) is 0 Å². The van der Waals surface area contributed by atoms with Gasteiger partial charge in [-0.1, -0.05) is 41.4 Å². The quantitative estimate of drug-likeness (QED) is 0.863. The van der Waals surface area contributed by atoms with Crippen molar-refractivity contribution in [1.82, 2.24) is 5.32 Å². The molecule has 0 radical (unpaired) electrons. The van der Waals surface area contributed by atoms with Crippen molar-refractivity contribution in [2.75, 3.05) is 6.54 Å². The average Bonchev–Trinajstić information content (AvgIpc) is 3.01. The summed E-state index contributed by atoms with van der Waals surface area (Å²) in [6, 6.07) is 8.84. The molecule has 1 fully saturated rings. The molecule has 0 bridgehead atoms. The van der Waals surface area contributed by atoms with Crippen LogP contribution in [0.3, 0.4) is 0 Å². The third kappa shape index (κ3) is 2.97. The SMILES string of the molecule is CCC1CC1(CNC(C)(C)C)c1cccc(Br)c1. The van der Waals surface area contributed by atoms with Gasteiger partial charge in [-0.2, -0.15) is 0 Å². The molecule has 0 spiro atoms. The van der Waals surface area contributed by atoms with Crippen molar-refractivity contribution in [1.29, 1.82) is 0 Å². The molecule has 0 aliphatic heterocycles. The van der Waals surface area contributed by atoms with Gasteiger partial charge in [-0.15, -0.1) is 0 Å². The van der Waals surface area contributed by atoms with Crippen molar-refractivity contribution in [3.63, 3.8) is 0 Å². The van der Waals surface area contributed by atoms with Gasteiger partial charge in [0.05, 0.1) is 0 Å². The van der Waals surface area contributed by atoms with Gasteiger partial charge in [0.15, 0.2) is 0 Å². The lowest BCUT2D eigenvalue weighted by molar-refractivity contribution is 0.388. The molecule has 100 valence electrons. The fourth-order valence-corrected chi connectivity index (χ4v) is 3.21. The molecule has 0 amide bonds. The maximum absolute atomic E-state index is 3.69. The average molecular weight is 310 g/mol. The number of halogens is 1. The molecule has 1 aliphatic carbocycles. The molecule has 2 rings (SSSR count). The van der Waals surface area contributed by atoms with Crippen molar-refractivity contribution in [3.05, 3.63) is 34.3 Å². The molecule has 1 nitrogen and oxygen atoms in total. The summed E-state index contributed by atoms with van der Waals surface area (Å²) in [5.74, 6) is 0.835. The minimum Gasteiger partial charge on any atom is -0.311 e. The van der Waals surface area contributed by atoms with Crippen molar-refractivity contribution in [2.45, 2.75) is 51.5 Å². The van der Waals surface area contributed by atoms with E-state index < -0.39 is 0 Å². The van der Waals surface area contributed by atoms with E-state index in [0.29, 0.717) is 5.41 Å². The summed E-state index contributed by atoms with van der Waals surface area (Å²) in [5, 5.41) is 3.69. The second-order valence-corrected chi connectivity index (χ2v) is 7.50. The minimum absolute atomic E-state index is 0.194. The predicted octanol–water partition coefficient (Wildman–Crippen LogP) is 4.50. The fraction of sp³-hybridized carbons (Fsp3) is 0.625. The summed E-state index contributed by atoms with van der Waals surface area (Å²) in [7, 11) is 0. The molecule has 2 heteroatoms. The molecule has 1 aliphatic rings. The minimum atomic E-state index is 0.194. The van der Waals surface area contributed by atoms with E-state index in [0.717, 1.165) is 12.5 Å². The molecule has 1 N–H and O–H groups in total. The molecule has 18 heavy (non-hydrogen) atoms. The highest BCUT2D eigenvalue weighted by Crippen LogP contribution is 2.56. The summed E-state index contributed by atoms with van der Waals surface area (Å²) in [6.07, 6.45) is 2.60. The summed E-state index contributed by atoms with van der Waals surface area (Å²) in [4.78, 5) is 0. The van der Waals surface area contributed by atoms with Crippen LogP contribution in [0.5, 0.6) is 0 Å². The lowest BCUT2D eigenvalue weighted by atomic mass is 9.91. The topological polar surface area (TPSA) is 12.0 Å². The lowest BCUT2D eigenvalue weighted by Crippen LogP contribution is -2.41. The zero-order valence-corrected chi connectivity index (χ0v) is 13.5. The first-order valence-corrected chi connectivity index (χ1v) is 7.68. The zero-order valence-electron chi connectivity index (χ0n) is 11.9. The van der Waals surface area contributed by atoms with Crippen molar-refractivity contribution in [3.8, 4) is 0 Å². The van der Waals surface area contributed by atoms with Gasteiger partial charge in [0.2, 0.25) is 0 Å². The highest BCUT2D eigenvalue weighted by Gasteiger charge is 2.53. The summed E-state index contributed by atoms with van der Waals surface area (Å²) in [6.45, 7) is 10.1. The second-order valence-electron chi connectivity index (χ2n) is 6.58. The third-order valence-electron chi connectivity index (χ3n) is 4.06. The van der Waals surface area contributed by atoms with Crippen LogP contribution in [0.25, 0.3) is 0 Å². The summed E-state index contributed by atoms with van der Waals surface area (Å²) < 4.78 is 1.19. The van der Waals surface area contributed by atoms with E-state index in [2.05, 4.69) is 73.2 Å². The van der Waals surface area contributed by atoms with Gasteiger partial charge in [0.25, 0.3) is 0 Å². The normalized spacial score (nSPS) is 27.3. The van der Waals surface area contributed by atoms with Gasteiger partial charge in [0.1, 0.15) is 0 Å². The Kier molecular flexibility index (Phi) is 3.89. The van der Waals surface area contributed by atoms with Gasteiger partial charge in [-0.3, -0.25) is 0 Å². The van der Waals surface area contributed by atoms with E-state index in [4.69, 9.17) is 0 Å². The molecule has 0 heterocycles. The van der Waals surface area contributed by atoms with Gasteiger partial charge >= 0.3 is 0 Å². The van der Waals surface area contributed by atoms with Crippen LogP contribution in [-0.2, 0) is 5.41 Å². The first-order chi connectivity index (χ1) is 8.37. The molecular weight excluding hydrogens is 286 g/mol. The van der Waals surface area contributed by atoms with Gasteiger partial charge < -0.3 is 5.32 Å². The van der Waals surface area contributed by atoms with Crippen LogP contribution < -0.4 is 5.32 Å². The standard InChI is InChI=1S/C16H24BrN/c1-5-12-10-16(12,11-18-15(2,3)4)13-7-6-8-14(17)9-13/h6-9,12,18H,5,10-11H2,1-4H3. The van der Waals surface area contributed by atoms with E-state index >= 15 is 0 Å². The number of hydrogen-bond acceptors (Lipinski definition) is 1. The number of rotatable bonds is 4. The monoisotopic (exact) mass is 309 g/mol. The fourth-order valence-electron chi connectivity index (χ4n) is 2.81. The second kappa shape index (κ2) is 4.97. The molecule has 2 atom stereocenters. The molecular formula is C16H24BrN. The van der Waals surface area contributed by atoms with E-state index in [-0.39, 0.29) is 5.54 Å². The lowest BCUT2D eigenvalue weighted by Gasteiger charge is -2.26. The Labute approximate surface area is 119 Å². The Bertz CT molecular complexity index is 421. The maximum atomic E-state index is 3.69. The molecule has 0 saturated heterocycles. The van der Waals surface area contributed by atoms with Crippen LogP contribution >= 0.6 is 15.9 Å². The largest absolute Gasteiger partial charge is 0.311 e. The Morgan fingerprint density at radius 3 is 2.61 bits per heavy atom. The zero-order chi connectivity index (χ0) is 13.4. The molecule has 2 unspecified atom stereocenters. The van der Waals surface area contributed by atoms with Crippen molar-refractivity contribution in [2.24, 2.45) is 5.92 Å². The van der Waals surface area contributed by atoms with E-state index in [1.165, 1.54) is 22.9 Å². The highest BCUT2D eigenvalue weighted by molar-refractivity contribution is 9.10. The predicted molar refractivity (Wildman–Crippen MR) is 82.0 cm³/mol. The van der Waals surface area contributed by atoms with Crippen LogP contribution in [0, 0.1) is 5.92 Å². The third-order valence-corrected chi connectivity index (χ3v) is 4.55. The first-order valence-electron chi connectivity index (χ1n) is 6.88. The van der Waals surface area contributed by atoms with Crippen LogP contribution in [0.15, 0.2) is 28.7 Å². The van der Waals surface area contributed by atoms with E-state index in [9.17, 15) is 0 Å². The van der Waals surface area contributed by atoms with Gasteiger partial charge in [-0.05, 0) is 50.8 Å². The first kappa shape index (κ1) is 14.1. The van der Waals surface area contributed by atoms with Gasteiger partial charge in [-0.25, -0.2) is 0 Å². The Morgan fingerprint density at radius 2 is 2.11 bits per heavy atom. The maximum Gasteiger partial charge on any atom is 0.0178 e.